The van der Waals surface area contributed by atoms with Crippen molar-refractivity contribution in [2.24, 2.45) is 0 Å². The second kappa shape index (κ2) is 8.39. The summed E-state index contributed by atoms with van der Waals surface area (Å²) >= 11 is 0. The minimum atomic E-state index is -0.436. The lowest BCUT2D eigenvalue weighted by atomic mass is 10.2. The number of rotatable bonds is 8. The van der Waals surface area contributed by atoms with Crippen molar-refractivity contribution in [2.45, 2.75) is 25.9 Å². The number of nitrogens with zero attached hydrogens (tertiary/aromatic N) is 2. The van der Waals surface area contributed by atoms with E-state index >= 15 is 0 Å². The zero-order valence-electron chi connectivity index (χ0n) is 15.0. The third kappa shape index (κ3) is 4.66. The number of furan rings is 1. The van der Waals surface area contributed by atoms with Crippen LogP contribution in [0.5, 0.6) is 0 Å². The van der Waals surface area contributed by atoms with Gasteiger partial charge in [-0.3, -0.25) is 14.2 Å². The fraction of sp³-hybridized carbons (Fsp3) is 0.316. The number of likely N-dealkylation sites (N-methyl/N-ethyl adjacent to an activating group) is 1. The van der Waals surface area contributed by atoms with Gasteiger partial charge < -0.3 is 19.1 Å². The standard InChI is InChI=1S/C19H21N3O5/c1-21(13-17(23)20-12-14-6-5-11-26-14)18(24)9-4-10-22-15-7-2-3-8-16(15)27-19(22)25/h2-3,5-8,11H,4,9-10,12-13H2,1H3,(H,20,23). The Morgan fingerprint density at radius 1 is 1.19 bits per heavy atom. The Kier molecular flexibility index (Phi) is 5.75. The van der Waals surface area contributed by atoms with E-state index in [9.17, 15) is 14.4 Å². The maximum atomic E-state index is 12.2. The molecule has 8 nitrogen and oxygen atoms in total. The zero-order chi connectivity index (χ0) is 19.2. The molecule has 1 N–H and O–H groups in total. The first-order chi connectivity index (χ1) is 13.0. The number of carbonyl (C=O) groups excluding carboxylic acids is 2. The summed E-state index contributed by atoms with van der Waals surface area (Å²) in [5.74, 6) is -0.215. The van der Waals surface area contributed by atoms with Crippen LogP contribution in [0, 0.1) is 0 Å². The number of carbonyl (C=O) groups is 2. The highest BCUT2D eigenvalue weighted by Crippen LogP contribution is 2.12. The molecule has 8 heteroatoms. The largest absolute Gasteiger partial charge is 0.467 e. The molecule has 0 saturated heterocycles. The molecule has 27 heavy (non-hydrogen) atoms. The molecule has 0 saturated carbocycles. The Labute approximate surface area is 155 Å². The van der Waals surface area contributed by atoms with Crippen molar-refractivity contribution in [2.75, 3.05) is 13.6 Å². The van der Waals surface area contributed by atoms with Gasteiger partial charge in [0.15, 0.2) is 5.58 Å². The van der Waals surface area contributed by atoms with Crippen LogP contribution in [-0.4, -0.2) is 34.9 Å². The van der Waals surface area contributed by atoms with Crippen molar-refractivity contribution < 1.29 is 18.4 Å². The quantitative estimate of drug-likeness (QED) is 0.650. The number of hydrogen-bond acceptors (Lipinski definition) is 5. The highest BCUT2D eigenvalue weighted by Gasteiger charge is 2.14. The average Bonchev–Trinajstić information content (AvgIpc) is 3.27. The number of para-hydroxylation sites is 2. The highest BCUT2D eigenvalue weighted by molar-refractivity contribution is 5.84. The minimum Gasteiger partial charge on any atom is -0.467 e. The average molecular weight is 371 g/mol. The third-order valence-corrected chi connectivity index (χ3v) is 4.19. The molecule has 0 spiro atoms. The van der Waals surface area contributed by atoms with Crippen LogP contribution in [0.3, 0.4) is 0 Å². The SMILES string of the molecule is CN(CC(=O)NCc1ccco1)C(=O)CCCn1c(=O)oc2ccccc21. The van der Waals surface area contributed by atoms with Gasteiger partial charge in [0.05, 0.1) is 24.9 Å². The van der Waals surface area contributed by atoms with Crippen LogP contribution >= 0.6 is 0 Å². The van der Waals surface area contributed by atoms with E-state index in [1.165, 1.54) is 15.7 Å². The molecule has 3 aromatic rings. The molecule has 0 aliphatic rings. The van der Waals surface area contributed by atoms with Crippen molar-refractivity contribution >= 4 is 22.9 Å². The van der Waals surface area contributed by atoms with Crippen LogP contribution in [0.25, 0.3) is 11.1 Å². The van der Waals surface area contributed by atoms with Crippen LogP contribution in [0.2, 0.25) is 0 Å². The molecule has 142 valence electrons. The number of oxazole rings is 1. The molecule has 0 fully saturated rings. The summed E-state index contributed by atoms with van der Waals surface area (Å²) in [5, 5.41) is 2.69. The van der Waals surface area contributed by atoms with Gasteiger partial charge in [-0.05, 0) is 30.7 Å². The van der Waals surface area contributed by atoms with Crippen LogP contribution in [0.15, 0.2) is 56.3 Å². The predicted molar refractivity (Wildman–Crippen MR) is 97.9 cm³/mol. The van der Waals surface area contributed by atoms with E-state index in [1.54, 1.807) is 37.4 Å². The fourth-order valence-electron chi connectivity index (χ4n) is 2.76. The lowest BCUT2D eigenvalue weighted by Crippen LogP contribution is -2.38. The number of hydrogen-bond donors (Lipinski definition) is 1. The maximum Gasteiger partial charge on any atom is 0.419 e. The molecular formula is C19H21N3O5. The summed E-state index contributed by atoms with van der Waals surface area (Å²) in [5.41, 5.74) is 1.24. The molecule has 0 radical (unpaired) electrons. The van der Waals surface area contributed by atoms with Gasteiger partial charge in [0.2, 0.25) is 11.8 Å². The summed E-state index contributed by atoms with van der Waals surface area (Å²) < 4.78 is 11.8. The van der Waals surface area contributed by atoms with Gasteiger partial charge in [-0.15, -0.1) is 0 Å². The lowest BCUT2D eigenvalue weighted by molar-refractivity contribution is -0.134. The van der Waals surface area contributed by atoms with E-state index < -0.39 is 5.76 Å². The topological polar surface area (TPSA) is 97.7 Å². The normalized spacial score (nSPS) is 10.9. The first-order valence-corrected chi connectivity index (χ1v) is 8.66. The van der Waals surface area contributed by atoms with Gasteiger partial charge in [0, 0.05) is 20.0 Å². The molecule has 0 atom stereocenters. The van der Waals surface area contributed by atoms with Gasteiger partial charge in [0.1, 0.15) is 5.76 Å². The minimum absolute atomic E-state index is 0.0336. The van der Waals surface area contributed by atoms with Crippen LogP contribution in [-0.2, 0) is 22.7 Å². The molecule has 2 heterocycles. The number of benzene rings is 1. The first kappa shape index (κ1) is 18.5. The summed E-state index contributed by atoms with van der Waals surface area (Å²) in [7, 11) is 1.58. The lowest BCUT2D eigenvalue weighted by Gasteiger charge is -2.16. The Bertz CT molecular complexity index is 971. The van der Waals surface area contributed by atoms with Crippen molar-refractivity contribution in [1.29, 1.82) is 0 Å². The van der Waals surface area contributed by atoms with E-state index in [2.05, 4.69) is 5.32 Å². The van der Waals surface area contributed by atoms with Gasteiger partial charge in [-0.1, -0.05) is 12.1 Å². The van der Waals surface area contributed by atoms with Crippen LogP contribution < -0.4 is 11.1 Å². The third-order valence-electron chi connectivity index (χ3n) is 4.19. The molecular weight excluding hydrogens is 350 g/mol. The Hall–Kier alpha value is -3.29. The van der Waals surface area contributed by atoms with Gasteiger partial charge in [-0.25, -0.2) is 4.79 Å². The first-order valence-electron chi connectivity index (χ1n) is 8.66. The molecule has 3 rings (SSSR count). The molecule has 1 aromatic carbocycles. The Morgan fingerprint density at radius 3 is 2.78 bits per heavy atom. The van der Waals surface area contributed by atoms with Crippen molar-refractivity contribution in [3.8, 4) is 0 Å². The van der Waals surface area contributed by atoms with Crippen molar-refractivity contribution in [1.82, 2.24) is 14.8 Å². The monoisotopic (exact) mass is 371 g/mol. The summed E-state index contributed by atoms with van der Waals surface area (Å²) in [6, 6.07) is 10.7. The van der Waals surface area contributed by atoms with Crippen molar-refractivity contribution in [3.05, 3.63) is 59.0 Å². The highest BCUT2D eigenvalue weighted by atomic mass is 16.4. The number of fused-ring (bicyclic) bond motifs is 1. The smallest absolute Gasteiger partial charge is 0.419 e. The van der Waals surface area contributed by atoms with E-state index in [0.29, 0.717) is 29.8 Å². The van der Waals surface area contributed by atoms with Gasteiger partial charge >= 0.3 is 5.76 Å². The summed E-state index contributed by atoms with van der Waals surface area (Å²) in [4.78, 5) is 37.4. The predicted octanol–water partition coefficient (Wildman–Crippen LogP) is 1.74. The molecule has 0 bridgehead atoms. The molecule has 0 aliphatic carbocycles. The Morgan fingerprint density at radius 2 is 2.00 bits per heavy atom. The Balaban J connectivity index is 1.45. The van der Waals surface area contributed by atoms with Crippen LogP contribution in [0.1, 0.15) is 18.6 Å². The van der Waals surface area contributed by atoms with E-state index in [4.69, 9.17) is 8.83 Å². The van der Waals surface area contributed by atoms with E-state index in [1.807, 2.05) is 6.07 Å². The molecule has 2 aromatic heterocycles. The summed E-state index contributed by atoms with van der Waals surface area (Å²) in [6.07, 6.45) is 2.24. The zero-order valence-corrected chi connectivity index (χ0v) is 15.0. The van der Waals surface area contributed by atoms with Gasteiger partial charge in [0.25, 0.3) is 0 Å². The van der Waals surface area contributed by atoms with Gasteiger partial charge in [-0.2, -0.15) is 0 Å². The number of nitrogens with one attached hydrogen (secondary N) is 1. The molecule has 2 amide bonds. The number of aromatic nitrogens is 1. The molecule has 0 aliphatic heterocycles. The number of amides is 2. The second-order valence-corrected chi connectivity index (χ2v) is 6.20. The van der Waals surface area contributed by atoms with E-state index in [0.717, 1.165) is 0 Å². The second-order valence-electron chi connectivity index (χ2n) is 6.20. The maximum absolute atomic E-state index is 12.2. The van der Waals surface area contributed by atoms with Crippen molar-refractivity contribution in [3.63, 3.8) is 0 Å². The summed E-state index contributed by atoms with van der Waals surface area (Å²) in [6.45, 7) is 0.624. The van der Waals surface area contributed by atoms with Crippen LogP contribution in [0.4, 0.5) is 0 Å². The molecule has 0 unspecified atom stereocenters. The fourth-order valence-corrected chi connectivity index (χ4v) is 2.76. The number of aryl methyl sites for hydroxylation is 1. The van der Waals surface area contributed by atoms with E-state index in [-0.39, 0.29) is 31.3 Å².